The van der Waals surface area contributed by atoms with E-state index in [1.165, 1.54) is 0 Å². The van der Waals surface area contributed by atoms with Gasteiger partial charge in [-0.1, -0.05) is 6.92 Å². The van der Waals surface area contributed by atoms with Gasteiger partial charge in [-0.15, -0.1) is 11.3 Å². The number of pyridine rings is 1. The van der Waals surface area contributed by atoms with Gasteiger partial charge in [0.15, 0.2) is 0 Å². The van der Waals surface area contributed by atoms with Gasteiger partial charge in [0.2, 0.25) is 0 Å². The zero-order valence-electron chi connectivity index (χ0n) is 12.4. The first kappa shape index (κ1) is 14.2. The van der Waals surface area contributed by atoms with E-state index >= 15 is 0 Å². The molecule has 0 aliphatic carbocycles. The van der Waals surface area contributed by atoms with E-state index in [0.29, 0.717) is 0 Å². The predicted molar refractivity (Wildman–Crippen MR) is 84.4 cm³/mol. The van der Waals surface area contributed by atoms with E-state index < -0.39 is 0 Å². The highest BCUT2D eigenvalue weighted by molar-refractivity contribution is 7.13. The standard InChI is InChI=1S/C16H19N3OS/c1-11-4-7-19(8-5-11)16(20)13-3-6-17-14(9-13)15-12(2)18-10-21-15/h3,6,9-11H,4-5,7-8H2,1-2H3. The van der Waals surface area contributed by atoms with E-state index in [-0.39, 0.29) is 5.91 Å². The summed E-state index contributed by atoms with van der Waals surface area (Å²) in [5, 5.41) is 0. The Bertz CT molecular complexity index is 644. The van der Waals surface area contributed by atoms with Crippen molar-refractivity contribution in [3.05, 3.63) is 35.1 Å². The third-order valence-electron chi connectivity index (χ3n) is 4.06. The first-order chi connectivity index (χ1) is 10.1. The van der Waals surface area contributed by atoms with E-state index in [4.69, 9.17) is 0 Å². The van der Waals surface area contributed by atoms with Crippen molar-refractivity contribution in [1.82, 2.24) is 14.9 Å². The molecular weight excluding hydrogens is 282 g/mol. The van der Waals surface area contributed by atoms with Crippen molar-refractivity contribution in [2.24, 2.45) is 5.92 Å². The van der Waals surface area contributed by atoms with Crippen molar-refractivity contribution in [2.75, 3.05) is 13.1 Å². The van der Waals surface area contributed by atoms with Crippen LogP contribution in [0.1, 0.15) is 35.8 Å². The molecule has 1 aliphatic rings. The van der Waals surface area contributed by atoms with Gasteiger partial charge in [-0.25, -0.2) is 4.98 Å². The minimum absolute atomic E-state index is 0.118. The Morgan fingerprint density at radius 3 is 2.76 bits per heavy atom. The lowest BCUT2D eigenvalue weighted by Crippen LogP contribution is -2.37. The minimum Gasteiger partial charge on any atom is -0.339 e. The third kappa shape index (κ3) is 2.97. The molecule has 0 bridgehead atoms. The predicted octanol–water partition coefficient (Wildman–Crippen LogP) is 3.39. The second-order valence-electron chi connectivity index (χ2n) is 5.67. The van der Waals surface area contributed by atoms with Gasteiger partial charge in [-0.2, -0.15) is 0 Å². The van der Waals surface area contributed by atoms with Crippen LogP contribution in [-0.4, -0.2) is 33.9 Å². The summed E-state index contributed by atoms with van der Waals surface area (Å²) in [6.07, 6.45) is 3.91. The molecule has 3 rings (SSSR count). The SMILES string of the molecule is Cc1ncsc1-c1cc(C(=O)N2CCC(C)CC2)ccn1. The Labute approximate surface area is 128 Å². The van der Waals surface area contributed by atoms with Gasteiger partial charge in [-0.3, -0.25) is 9.78 Å². The topological polar surface area (TPSA) is 46.1 Å². The van der Waals surface area contributed by atoms with Crippen LogP contribution in [0.25, 0.3) is 10.6 Å². The summed E-state index contributed by atoms with van der Waals surface area (Å²) >= 11 is 1.56. The Morgan fingerprint density at radius 1 is 1.33 bits per heavy atom. The Hall–Kier alpha value is -1.75. The Morgan fingerprint density at radius 2 is 2.10 bits per heavy atom. The van der Waals surface area contributed by atoms with Crippen LogP contribution < -0.4 is 0 Å². The molecule has 1 amide bonds. The monoisotopic (exact) mass is 301 g/mol. The van der Waals surface area contributed by atoms with Crippen molar-refractivity contribution in [3.63, 3.8) is 0 Å². The Kier molecular flexibility index (Phi) is 4.01. The number of rotatable bonds is 2. The summed E-state index contributed by atoms with van der Waals surface area (Å²) in [5.41, 5.74) is 4.34. The molecule has 0 aromatic carbocycles. The fraction of sp³-hybridized carbons (Fsp3) is 0.438. The van der Waals surface area contributed by atoms with Crippen molar-refractivity contribution < 1.29 is 4.79 Å². The fourth-order valence-corrected chi connectivity index (χ4v) is 3.40. The number of carbonyl (C=O) groups is 1. The second-order valence-corrected chi connectivity index (χ2v) is 6.53. The highest BCUT2D eigenvalue weighted by Crippen LogP contribution is 2.26. The normalized spacial score (nSPS) is 16.2. The van der Waals surface area contributed by atoms with E-state index in [1.54, 1.807) is 23.6 Å². The van der Waals surface area contributed by atoms with Gasteiger partial charge >= 0.3 is 0 Å². The van der Waals surface area contributed by atoms with Gasteiger partial charge in [0.25, 0.3) is 5.91 Å². The quantitative estimate of drug-likeness (QED) is 0.854. The molecule has 0 unspecified atom stereocenters. The summed E-state index contributed by atoms with van der Waals surface area (Å²) in [6.45, 7) is 5.93. The van der Waals surface area contributed by atoms with Crippen molar-refractivity contribution in [3.8, 4) is 10.6 Å². The van der Waals surface area contributed by atoms with Gasteiger partial charge < -0.3 is 4.90 Å². The van der Waals surface area contributed by atoms with Gasteiger partial charge in [0, 0.05) is 24.8 Å². The first-order valence-electron chi connectivity index (χ1n) is 7.31. The smallest absolute Gasteiger partial charge is 0.253 e. The van der Waals surface area contributed by atoms with Gasteiger partial charge in [0.05, 0.1) is 21.8 Å². The molecule has 0 spiro atoms. The largest absolute Gasteiger partial charge is 0.339 e. The number of hydrogen-bond donors (Lipinski definition) is 0. The molecule has 2 aromatic rings. The van der Waals surface area contributed by atoms with Crippen molar-refractivity contribution in [2.45, 2.75) is 26.7 Å². The highest BCUT2D eigenvalue weighted by Gasteiger charge is 2.22. The molecule has 1 saturated heterocycles. The number of aryl methyl sites for hydroxylation is 1. The highest BCUT2D eigenvalue weighted by atomic mass is 32.1. The molecule has 0 N–H and O–H groups in total. The average Bonchev–Trinajstić information content (AvgIpc) is 2.94. The molecule has 0 radical (unpaired) electrons. The molecule has 5 heteroatoms. The average molecular weight is 301 g/mol. The summed E-state index contributed by atoms with van der Waals surface area (Å²) in [6, 6.07) is 3.70. The van der Waals surface area contributed by atoms with E-state index in [0.717, 1.165) is 53.7 Å². The third-order valence-corrected chi connectivity index (χ3v) is 5.01. The zero-order valence-corrected chi connectivity index (χ0v) is 13.2. The number of piperidine rings is 1. The molecule has 1 aliphatic heterocycles. The minimum atomic E-state index is 0.118. The summed E-state index contributed by atoms with van der Waals surface area (Å²) < 4.78 is 0. The van der Waals surface area contributed by atoms with E-state index in [2.05, 4.69) is 16.9 Å². The Balaban J connectivity index is 1.83. The number of thiazole rings is 1. The molecule has 0 saturated carbocycles. The lowest BCUT2D eigenvalue weighted by Gasteiger charge is -2.30. The van der Waals surface area contributed by atoms with Crippen LogP contribution in [0.2, 0.25) is 0 Å². The summed E-state index contributed by atoms with van der Waals surface area (Å²) in [7, 11) is 0. The number of nitrogens with zero attached hydrogens (tertiary/aromatic N) is 3. The maximum atomic E-state index is 12.6. The number of carbonyl (C=O) groups excluding carboxylic acids is 1. The number of likely N-dealkylation sites (tertiary alicyclic amines) is 1. The van der Waals surface area contributed by atoms with Crippen LogP contribution >= 0.6 is 11.3 Å². The molecule has 4 nitrogen and oxygen atoms in total. The summed E-state index contributed by atoms with van der Waals surface area (Å²) in [4.78, 5) is 24.2. The summed E-state index contributed by atoms with van der Waals surface area (Å²) in [5.74, 6) is 0.842. The van der Waals surface area contributed by atoms with Crippen LogP contribution in [0, 0.1) is 12.8 Å². The van der Waals surface area contributed by atoms with E-state index in [9.17, 15) is 4.79 Å². The molecular formula is C16H19N3OS. The zero-order chi connectivity index (χ0) is 14.8. The number of aromatic nitrogens is 2. The maximum Gasteiger partial charge on any atom is 0.253 e. The first-order valence-corrected chi connectivity index (χ1v) is 8.19. The number of amides is 1. The van der Waals surface area contributed by atoms with Crippen LogP contribution in [0.4, 0.5) is 0 Å². The van der Waals surface area contributed by atoms with Crippen LogP contribution in [0.15, 0.2) is 23.8 Å². The molecule has 0 atom stereocenters. The molecule has 1 fully saturated rings. The van der Waals surface area contributed by atoms with Crippen molar-refractivity contribution in [1.29, 1.82) is 0 Å². The van der Waals surface area contributed by atoms with Gasteiger partial charge in [-0.05, 0) is 37.8 Å². The van der Waals surface area contributed by atoms with Crippen LogP contribution in [-0.2, 0) is 0 Å². The van der Waals surface area contributed by atoms with Crippen LogP contribution in [0.5, 0.6) is 0 Å². The maximum absolute atomic E-state index is 12.6. The lowest BCUT2D eigenvalue weighted by molar-refractivity contribution is 0.0697. The van der Waals surface area contributed by atoms with Gasteiger partial charge in [0.1, 0.15) is 0 Å². The second kappa shape index (κ2) is 5.93. The number of hydrogen-bond acceptors (Lipinski definition) is 4. The molecule has 110 valence electrons. The van der Waals surface area contributed by atoms with Crippen molar-refractivity contribution >= 4 is 17.2 Å². The van der Waals surface area contributed by atoms with Crippen LogP contribution in [0.3, 0.4) is 0 Å². The molecule has 21 heavy (non-hydrogen) atoms. The molecule has 2 aromatic heterocycles. The fourth-order valence-electron chi connectivity index (χ4n) is 2.63. The molecule has 3 heterocycles. The van der Waals surface area contributed by atoms with E-state index in [1.807, 2.05) is 23.4 Å². The lowest BCUT2D eigenvalue weighted by atomic mass is 9.98.